The molecule has 3 N–H and O–H groups in total. The first kappa shape index (κ1) is 19.4. The predicted octanol–water partition coefficient (Wildman–Crippen LogP) is 3.73. The minimum absolute atomic E-state index is 0.316. The van der Waals surface area contributed by atoms with E-state index in [0.29, 0.717) is 29.9 Å². The number of alkyl halides is 3. The standard InChI is InChI=1S/C21H18F3N3O2/c22-21(23,24)14-6-4-12(5-7-14)17-10-20(26-11-25-17)27-16-3-1-2-13-8-18(28)19(29)9-15(13)16/h1-7,10-11,18-19,28-29H,8-9H2,(H,25,26,27)/t18-,19+/m0/s1. The highest BCUT2D eigenvalue weighted by atomic mass is 19.4. The molecule has 8 heteroatoms. The van der Waals surface area contributed by atoms with Crippen molar-refractivity contribution in [3.05, 3.63) is 71.5 Å². The SMILES string of the molecule is O[C@@H]1Cc2c(cccc2Nc2cc(-c3ccc(C(F)(F)F)cc3)ncn2)C[C@@H]1O. The van der Waals surface area contributed by atoms with Crippen LogP contribution in [0, 0.1) is 0 Å². The van der Waals surface area contributed by atoms with Gasteiger partial charge in [-0.25, -0.2) is 9.97 Å². The Kier molecular flexibility index (Phi) is 4.97. The minimum atomic E-state index is -4.39. The molecule has 0 aliphatic heterocycles. The molecule has 1 heterocycles. The number of anilines is 2. The van der Waals surface area contributed by atoms with Gasteiger partial charge in [0, 0.05) is 30.2 Å². The van der Waals surface area contributed by atoms with Crippen LogP contribution in [0.5, 0.6) is 0 Å². The van der Waals surface area contributed by atoms with E-state index in [1.54, 1.807) is 6.07 Å². The summed E-state index contributed by atoms with van der Waals surface area (Å²) >= 11 is 0. The van der Waals surface area contributed by atoms with Crippen LogP contribution in [-0.2, 0) is 19.0 Å². The van der Waals surface area contributed by atoms with Crippen molar-refractivity contribution in [2.24, 2.45) is 0 Å². The number of benzene rings is 2. The predicted molar refractivity (Wildman–Crippen MR) is 102 cm³/mol. The summed E-state index contributed by atoms with van der Waals surface area (Å²) < 4.78 is 38.2. The highest BCUT2D eigenvalue weighted by Gasteiger charge is 2.30. The highest BCUT2D eigenvalue weighted by molar-refractivity contribution is 5.68. The van der Waals surface area contributed by atoms with Crippen LogP contribution in [-0.4, -0.2) is 32.4 Å². The Morgan fingerprint density at radius 3 is 2.38 bits per heavy atom. The Morgan fingerprint density at radius 1 is 0.931 bits per heavy atom. The normalized spacial score (nSPS) is 18.9. The fourth-order valence-electron chi connectivity index (χ4n) is 3.44. The number of aliphatic hydroxyl groups is 2. The van der Waals surface area contributed by atoms with Crippen molar-refractivity contribution in [2.45, 2.75) is 31.2 Å². The second kappa shape index (κ2) is 7.46. The van der Waals surface area contributed by atoms with Crippen molar-refractivity contribution < 1.29 is 23.4 Å². The highest BCUT2D eigenvalue weighted by Crippen LogP contribution is 2.32. The molecule has 2 aromatic carbocycles. The Balaban J connectivity index is 1.60. The van der Waals surface area contributed by atoms with E-state index in [9.17, 15) is 23.4 Å². The zero-order chi connectivity index (χ0) is 20.6. The Bertz CT molecular complexity index is 1020. The van der Waals surface area contributed by atoms with Gasteiger partial charge in [-0.05, 0) is 29.3 Å². The van der Waals surface area contributed by atoms with Gasteiger partial charge in [0.2, 0.25) is 0 Å². The number of fused-ring (bicyclic) bond motifs is 1. The Morgan fingerprint density at radius 2 is 1.66 bits per heavy atom. The molecule has 29 heavy (non-hydrogen) atoms. The summed E-state index contributed by atoms with van der Waals surface area (Å²) in [6, 6.07) is 12.0. The lowest BCUT2D eigenvalue weighted by Crippen LogP contribution is -2.34. The molecule has 0 unspecified atom stereocenters. The van der Waals surface area contributed by atoms with Gasteiger partial charge in [-0.1, -0.05) is 24.3 Å². The van der Waals surface area contributed by atoms with Crippen molar-refractivity contribution in [3.8, 4) is 11.3 Å². The second-order valence-corrected chi connectivity index (χ2v) is 6.97. The van der Waals surface area contributed by atoms with E-state index in [4.69, 9.17) is 0 Å². The molecular formula is C21H18F3N3O2. The van der Waals surface area contributed by atoms with Crippen LogP contribution in [0.25, 0.3) is 11.3 Å². The van der Waals surface area contributed by atoms with Gasteiger partial charge in [0.05, 0.1) is 23.5 Å². The van der Waals surface area contributed by atoms with Crippen LogP contribution in [0.2, 0.25) is 0 Å². The number of hydrogen-bond acceptors (Lipinski definition) is 5. The monoisotopic (exact) mass is 401 g/mol. The molecule has 0 spiro atoms. The molecule has 4 rings (SSSR count). The van der Waals surface area contributed by atoms with Gasteiger partial charge in [0.15, 0.2) is 0 Å². The number of hydrogen-bond donors (Lipinski definition) is 3. The van der Waals surface area contributed by atoms with E-state index < -0.39 is 23.9 Å². The molecule has 1 aromatic heterocycles. The summed E-state index contributed by atoms with van der Waals surface area (Å²) in [7, 11) is 0. The van der Waals surface area contributed by atoms with E-state index in [-0.39, 0.29) is 0 Å². The van der Waals surface area contributed by atoms with Crippen LogP contribution >= 0.6 is 0 Å². The van der Waals surface area contributed by atoms with Gasteiger partial charge in [-0.2, -0.15) is 13.2 Å². The topological polar surface area (TPSA) is 78.3 Å². The summed E-state index contributed by atoms with van der Waals surface area (Å²) in [5.41, 5.74) is 2.91. The fourth-order valence-corrected chi connectivity index (χ4v) is 3.44. The van der Waals surface area contributed by atoms with E-state index >= 15 is 0 Å². The summed E-state index contributed by atoms with van der Waals surface area (Å²) in [6.07, 6.45) is -3.99. The zero-order valence-electron chi connectivity index (χ0n) is 15.2. The molecule has 150 valence electrons. The number of halogens is 3. The number of aliphatic hydroxyl groups excluding tert-OH is 2. The maximum Gasteiger partial charge on any atom is 0.416 e. The second-order valence-electron chi connectivity index (χ2n) is 6.97. The lowest BCUT2D eigenvalue weighted by Gasteiger charge is -2.27. The minimum Gasteiger partial charge on any atom is -0.390 e. The first-order valence-electron chi connectivity index (χ1n) is 9.05. The van der Waals surface area contributed by atoms with Crippen LogP contribution in [0.4, 0.5) is 24.7 Å². The van der Waals surface area contributed by atoms with Gasteiger partial charge >= 0.3 is 6.18 Å². The van der Waals surface area contributed by atoms with Gasteiger partial charge in [-0.3, -0.25) is 0 Å². The average molecular weight is 401 g/mol. The molecule has 0 bridgehead atoms. The quantitative estimate of drug-likeness (QED) is 0.624. The first-order valence-corrected chi connectivity index (χ1v) is 9.05. The third kappa shape index (κ3) is 4.08. The first-order chi connectivity index (χ1) is 13.8. The number of nitrogens with zero attached hydrogens (tertiary/aromatic N) is 2. The summed E-state index contributed by atoms with van der Waals surface area (Å²) in [6.45, 7) is 0. The van der Waals surface area contributed by atoms with E-state index in [0.717, 1.165) is 28.9 Å². The number of aromatic nitrogens is 2. The fraction of sp³-hybridized carbons (Fsp3) is 0.238. The van der Waals surface area contributed by atoms with Crippen LogP contribution in [0.1, 0.15) is 16.7 Å². The van der Waals surface area contributed by atoms with E-state index in [2.05, 4.69) is 15.3 Å². The van der Waals surface area contributed by atoms with Crippen molar-refractivity contribution in [1.29, 1.82) is 0 Å². The molecule has 0 fully saturated rings. The van der Waals surface area contributed by atoms with Gasteiger partial charge in [0.25, 0.3) is 0 Å². The maximum atomic E-state index is 12.7. The molecule has 0 amide bonds. The number of nitrogens with one attached hydrogen (secondary N) is 1. The Hall–Kier alpha value is -2.97. The molecule has 1 aliphatic carbocycles. The lowest BCUT2D eigenvalue weighted by molar-refractivity contribution is -0.137. The Labute approximate surface area is 164 Å². The van der Waals surface area contributed by atoms with Gasteiger partial charge in [0.1, 0.15) is 12.1 Å². The molecule has 0 radical (unpaired) electrons. The lowest BCUT2D eigenvalue weighted by atomic mass is 9.86. The average Bonchev–Trinajstić information content (AvgIpc) is 2.69. The third-order valence-electron chi connectivity index (χ3n) is 5.00. The molecule has 0 saturated heterocycles. The molecule has 0 saturated carbocycles. The molecule has 2 atom stereocenters. The maximum absolute atomic E-state index is 12.7. The third-order valence-corrected chi connectivity index (χ3v) is 5.00. The van der Waals surface area contributed by atoms with Crippen LogP contribution < -0.4 is 5.32 Å². The van der Waals surface area contributed by atoms with Gasteiger partial charge in [-0.15, -0.1) is 0 Å². The molecule has 5 nitrogen and oxygen atoms in total. The molecular weight excluding hydrogens is 383 g/mol. The summed E-state index contributed by atoms with van der Waals surface area (Å²) in [4.78, 5) is 8.33. The van der Waals surface area contributed by atoms with E-state index in [1.807, 2.05) is 18.2 Å². The van der Waals surface area contributed by atoms with Crippen molar-refractivity contribution >= 4 is 11.5 Å². The van der Waals surface area contributed by atoms with Crippen molar-refractivity contribution in [2.75, 3.05) is 5.32 Å². The zero-order valence-corrected chi connectivity index (χ0v) is 15.2. The smallest absolute Gasteiger partial charge is 0.390 e. The van der Waals surface area contributed by atoms with Gasteiger partial charge < -0.3 is 15.5 Å². The summed E-state index contributed by atoms with van der Waals surface area (Å²) in [5.74, 6) is 0.476. The molecule has 1 aliphatic rings. The molecule has 3 aromatic rings. The van der Waals surface area contributed by atoms with E-state index in [1.165, 1.54) is 18.5 Å². The summed E-state index contributed by atoms with van der Waals surface area (Å²) in [5, 5.41) is 23.1. The van der Waals surface area contributed by atoms with Crippen molar-refractivity contribution in [1.82, 2.24) is 9.97 Å². The van der Waals surface area contributed by atoms with Crippen molar-refractivity contribution in [3.63, 3.8) is 0 Å². The largest absolute Gasteiger partial charge is 0.416 e. The van der Waals surface area contributed by atoms with Crippen LogP contribution in [0.15, 0.2) is 54.9 Å². The van der Waals surface area contributed by atoms with Crippen LogP contribution in [0.3, 0.4) is 0 Å². The number of rotatable bonds is 3.